The second-order valence-corrected chi connectivity index (χ2v) is 4.50. The van der Waals surface area contributed by atoms with Gasteiger partial charge in [0.1, 0.15) is 0 Å². The molecule has 0 spiro atoms. The molecule has 12 heavy (non-hydrogen) atoms. The molecule has 0 aromatic heterocycles. The molecule has 0 aromatic rings. The van der Waals surface area contributed by atoms with Crippen molar-refractivity contribution in [3.63, 3.8) is 0 Å². The van der Waals surface area contributed by atoms with E-state index in [-0.39, 0.29) is 0 Å². The van der Waals surface area contributed by atoms with E-state index in [1.807, 2.05) is 0 Å². The molecule has 0 rings (SSSR count). The molecular formula is C11H24O. The predicted molar refractivity (Wildman–Crippen MR) is 54.3 cm³/mol. The quantitative estimate of drug-likeness (QED) is 0.618. The zero-order chi connectivity index (χ0) is 9.72. The lowest BCUT2D eigenvalue weighted by molar-refractivity contribution is 0.00867. The van der Waals surface area contributed by atoms with Crippen LogP contribution in [-0.2, 0) is 4.74 Å². The highest BCUT2D eigenvalue weighted by atomic mass is 16.5. The minimum Gasteiger partial charge on any atom is -0.378 e. The van der Waals surface area contributed by atoms with Gasteiger partial charge in [0.25, 0.3) is 0 Å². The maximum Gasteiger partial charge on any atom is 0.0570 e. The second-order valence-electron chi connectivity index (χ2n) is 4.50. The van der Waals surface area contributed by atoms with Gasteiger partial charge in [0.2, 0.25) is 0 Å². The fourth-order valence-electron chi connectivity index (χ4n) is 0.688. The van der Waals surface area contributed by atoms with E-state index >= 15 is 0 Å². The lowest BCUT2D eigenvalue weighted by Gasteiger charge is -2.21. The SMILES string of the molecule is CC(C)C(C)COC(C)C(C)C. The minimum absolute atomic E-state index is 0.395. The van der Waals surface area contributed by atoms with E-state index in [1.54, 1.807) is 0 Å². The van der Waals surface area contributed by atoms with Gasteiger partial charge in [-0.15, -0.1) is 0 Å². The van der Waals surface area contributed by atoms with Gasteiger partial charge in [-0.3, -0.25) is 0 Å². The molecule has 0 heterocycles. The Hall–Kier alpha value is -0.0400. The molecule has 1 nitrogen and oxygen atoms in total. The van der Waals surface area contributed by atoms with E-state index in [0.29, 0.717) is 17.9 Å². The summed E-state index contributed by atoms with van der Waals surface area (Å²) in [6.07, 6.45) is 0.395. The fourth-order valence-corrected chi connectivity index (χ4v) is 0.688. The molecule has 0 amide bonds. The van der Waals surface area contributed by atoms with Gasteiger partial charge in [0, 0.05) is 6.61 Å². The van der Waals surface area contributed by atoms with E-state index in [9.17, 15) is 0 Å². The fraction of sp³-hybridized carbons (Fsp3) is 1.00. The van der Waals surface area contributed by atoms with Gasteiger partial charge in [0.05, 0.1) is 6.10 Å². The normalized spacial score (nSPS) is 17.0. The topological polar surface area (TPSA) is 9.23 Å². The molecule has 74 valence electrons. The highest BCUT2D eigenvalue weighted by Gasteiger charge is 2.11. The van der Waals surface area contributed by atoms with E-state index in [1.165, 1.54) is 0 Å². The Morgan fingerprint density at radius 3 is 1.67 bits per heavy atom. The van der Waals surface area contributed by atoms with Crippen LogP contribution in [0.15, 0.2) is 0 Å². The molecule has 0 radical (unpaired) electrons. The van der Waals surface area contributed by atoms with Crippen molar-refractivity contribution in [2.75, 3.05) is 6.61 Å². The van der Waals surface area contributed by atoms with Gasteiger partial charge >= 0.3 is 0 Å². The molecule has 0 aliphatic heterocycles. The van der Waals surface area contributed by atoms with Crippen LogP contribution in [-0.4, -0.2) is 12.7 Å². The summed E-state index contributed by atoms with van der Waals surface area (Å²) in [5, 5.41) is 0. The Bertz CT molecular complexity index is 93.6. The second kappa shape index (κ2) is 5.58. The van der Waals surface area contributed by atoms with Crippen molar-refractivity contribution in [3.8, 4) is 0 Å². The monoisotopic (exact) mass is 172 g/mol. The van der Waals surface area contributed by atoms with Crippen molar-refractivity contribution in [1.29, 1.82) is 0 Å². The van der Waals surface area contributed by atoms with Gasteiger partial charge in [-0.2, -0.15) is 0 Å². The molecular weight excluding hydrogens is 148 g/mol. The van der Waals surface area contributed by atoms with Crippen molar-refractivity contribution < 1.29 is 4.74 Å². The summed E-state index contributed by atoms with van der Waals surface area (Å²) in [5.41, 5.74) is 0. The van der Waals surface area contributed by atoms with Crippen molar-refractivity contribution in [1.82, 2.24) is 0 Å². The summed E-state index contributed by atoms with van der Waals surface area (Å²) < 4.78 is 5.73. The van der Waals surface area contributed by atoms with E-state index < -0.39 is 0 Å². The Morgan fingerprint density at radius 1 is 0.833 bits per heavy atom. The summed E-state index contributed by atoms with van der Waals surface area (Å²) in [6.45, 7) is 14.2. The van der Waals surface area contributed by atoms with Crippen LogP contribution in [0, 0.1) is 17.8 Å². The molecule has 0 aliphatic rings. The third-order valence-corrected chi connectivity index (χ3v) is 2.70. The summed E-state index contributed by atoms with van der Waals surface area (Å²) in [6, 6.07) is 0. The molecule has 0 bridgehead atoms. The van der Waals surface area contributed by atoms with Crippen molar-refractivity contribution >= 4 is 0 Å². The summed E-state index contributed by atoms with van der Waals surface area (Å²) in [5.74, 6) is 2.03. The first-order chi connectivity index (χ1) is 5.45. The Kier molecular flexibility index (Phi) is 5.56. The molecule has 0 saturated carbocycles. The predicted octanol–water partition coefficient (Wildman–Crippen LogP) is 3.34. The Morgan fingerprint density at radius 2 is 1.33 bits per heavy atom. The van der Waals surface area contributed by atoms with Gasteiger partial charge in [0.15, 0.2) is 0 Å². The molecule has 2 atom stereocenters. The van der Waals surface area contributed by atoms with Crippen LogP contribution in [0.5, 0.6) is 0 Å². The summed E-state index contributed by atoms with van der Waals surface area (Å²) >= 11 is 0. The maximum absolute atomic E-state index is 5.73. The molecule has 1 heteroatoms. The number of hydrogen-bond acceptors (Lipinski definition) is 1. The van der Waals surface area contributed by atoms with Crippen LogP contribution in [0.4, 0.5) is 0 Å². The molecule has 0 fully saturated rings. The minimum atomic E-state index is 0.395. The van der Waals surface area contributed by atoms with E-state index in [2.05, 4.69) is 41.5 Å². The smallest absolute Gasteiger partial charge is 0.0570 e. The average molecular weight is 172 g/mol. The third-order valence-electron chi connectivity index (χ3n) is 2.70. The standard InChI is InChI=1S/C11H24O/c1-8(2)10(5)7-12-11(6)9(3)4/h8-11H,7H2,1-6H3. The van der Waals surface area contributed by atoms with E-state index in [4.69, 9.17) is 4.74 Å². The average Bonchev–Trinajstić information content (AvgIpc) is 1.98. The number of hydrogen-bond donors (Lipinski definition) is 0. The van der Waals surface area contributed by atoms with Crippen LogP contribution in [0.1, 0.15) is 41.5 Å². The van der Waals surface area contributed by atoms with Gasteiger partial charge in [-0.1, -0.05) is 34.6 Å². The molecule has 0 aromatic carbocycles. The van der Waals surface area contributed by atoms with Crippen LogP contribution >= 0.6 is 0 Å². The Labute approximate surface area is 77.5 Å². The highest BCUT2D eigenvalue weighted by Crippen LogP contribution is 2.13. The third kappa shape index (κ3) is 4.76. The molecule has 0 N–H and O–H groups in total. The first kappa shape index (κ1) is 12.0. The van der Waals surface area contributed by atoms with Crippen LogP contribution in [0.2, 0.25) is 0 Å². The van der Waals surface area contributed by atoms with Crippen LogP contribution in [0.3, 0.4) is 0 Å². The van der Waals surface area contributed by atoms with Gasteiger partial charge < -0.3 is 4.74 Å². The van der Waals surface area contributed by atoms with Crippen molar-refractivity contribution in [2.24, 2.45) is 17.8 Å². The first-order valence-corrected chi connectivity index (χ1v) is 5.06. The van der Waals surface area contributed by atoms with Crippen molar-refractivity contribution in [2.45, 2.75) is 47.6 Å². The number of ether oxygens (including phenoxy) is 1. The van der Waals surface area contributed by atoms with Gasteiger partial charge in [-0.05, 0) is 24.7 Å². The summed E-state index contributed by atoms with van der Waals surface area (Å²) in [7, 11) is 0. The summed E-state index contributed by atoms with van der Waals surface area (Å²) in [4.78, 5) is 0. The van der Waals surface area contributed by atoms with Gasteiger partial charge in [-0.25, -0.2) is 0 Å². The molecule has 0 saturated heterocycles. The zero-order valence-electron chi connectivity index (χ0n) is 9.42. The van der Waals surface area contributed by atoms with Crippen LogP contribution in [0.25, 0.3) is 0 Å². The molecule has 0 aliphatic carbocycles. The number of rotatable bonds is 5. The first-order valence-electron chi connectivity index (χ1n) is 5.06. The lowest BCUT2D eigenvalue weighted by Crippen LogP contribution is -2.21. The van der Waals surface area contributed by atoms with Crippen molar-refractivity contribution in [3.05, 3.63) is 0 Å². The van der Waals surface area contributed by atoms with E-state index in [0.717, 1.165) is 12.5 Å². The van der Waals surface area contributed by atoms with Crippen LogP contribution < -0.4 is 0 Å². The molecule has 2 unspecified atom stereocenters. The zero-order valence-corrected chi connectivity index (χ0v) is 9.42. The highest BCUT2D eigenvalue weighted by molar-refractivity contribution is 4.59. The largest absolute Gasteiger partial charge is 0.378 e. The Balaban J connectivity index is 3.54. The lowest BCUT2D eigenvalue weighted by atomic mass is 9.99. The maximum atomic E-state index is 5.73.